The molecule has 2 amide bonds. The average molecular weight is 576 g/mol. The number of aromatic nitrogens is 1. The van der Waals surface area contributed by atoms with Crippen LogP contribution in [0.3, 0.4) is 0 Å². The SMILES string of the molecule is CC(C)(C)OC(=O)N(Cc1ccccn1)c1cc(Cl)c(N2CC(Cc3c(F)cccc3F)CCC2=O)c(Cl)c1. The van der Waals surface area contributed by atoms with Crippen molar-refractivity contribution < 1.29 is 23.1 Å². The molecule has 10 heteroatoms. The first-order valence-corrected chi connectivity index (χ1v) is 13.3. The highest BCUT2D eigenvalue weighted by atomic mass is 35.5. The molecule has 0 radical (unpaired) electrons. The Hall–Kier alpha value is -3.23. The van der Waals surface area contributed by atoms with E-state index in [0.29, 0.717) is 17.8 Å². The van der Waals surface area contributed by atoms with Crippen molar-refractivity contribution in [3.05, 3.63) is 87.7 Å². The summed E-state index contributed by atoms with van der Waals surface area (Å²) in [6.45, 7) is 5.57. The van der Waals surface area contributed by atoms with Crippen LogP contribution in [-0.2, 0) is 22.5 Å². The van der Waals surface area contributed by atoms with Gasteiger partial charge in [0.1, 0.15) is 17.2 Å². The van der Waals surface area contributed by atoms with E-state index in [1.165, 1.54) is 28.0 Å². The molecular weight excluding hydrogens is 547 g/mol. The number of amides is 2. The Kier molecular flexibility index (Phi) is 8.76. The normalized spacial score (nSPS) is 15.8. The van der Waals surface area contributed by atoms with Crippen molar-refractivity contribution in [3.8, 4) is 0 Å². The van der Waals surface area contributed by atoms with Crippen LogP contribution in [0.25, 0.3) is 0 Å². The van der Waals surface area contributed by atoms with Gasteiger partial charge in [-0.05, 0) is 75.9 Å². The second kappa shape index (κ2) is 11.9. The lowest BCUT2D eigenvalue weighted by Crippen LogP contribution is -2.41. The fourth-order valence-corrected chi connectivity index (χ4v) is 5.19. The van der Waals surface area contributed by atoms with Gasteiger partial charge >= 0.3 is 6.09 Å². The van der Waals surface area contributed by atoms with Gasteiger partial charge in [0, 0.05) is 24.7 Å². The van der Waals surface area contributed by atoms with Gasteiger partial charge in [-0.2, -0.15) is 0 Å². The fraction of sp³-hybridized carbons (Fsp3) is 0.345. The first-order chi connectivity index (χ1) is 18.4. The lowest BCUT2D eigenvalue weighted by molar-refractivity contribution is -0.120. The van der Waals surface area contributed by atoms with Gasteiger partial charge in [0.2, 0.25) is 5.91 Å². The zero-order valence-electron chi connectivity index (χ0n) is 21.9. The van der Waals surface area contributed by atoms with E-state index >= 15 is 0 Å². The van der Waals surface area contributed by atoms with E-state index in [2.05, 4.69) is 4.98 Å². The van der Waals surface area contributed by atoms with Gasteiger partial charge in [-0.3, -0.25) is 14.7 Å². The Morgan fingerprint density at radius 3 is 2.36 bits per heavy atom. The van der Waals surface area contributed by atoms with Crippen molar-refractivity contribution in [1.29, 1.82) is 0 Å². The number of hydrogen-bond donors (Lipinski definition) is 0. The average Bonchev–Trinajstić information content (AvgIpc) is 2.85. The first-order valence-electron chi connectivity index (χ1n) is 12.6. The van der Waals surface area contributed by atoms with Crippen molar-refractivity contribution in [2.24, 2.45) is 5.92 Å². The van der Waals surface area contributed by atoms with Crippen molar-refractivity contribution in [2.75, 3.05) is 16.3 Å². The Labute approximate surface area is 236 Å². The maximum Gasteiger partial charge on any atom is 0.415 e. The summed E-state index contributed by atoms with van der Waals surface area (Å²) >= 11 is 13.4. The largest absolute Gasteiger partial charge is 0.443 e. The third-order valence-corrected chi connectivity index (χ3v) is 6.88. The van der Waals surface area contributed by atoms with Crippen LogP contribution in [0.15, 0.2) is 54.7 Å². The van der Waals surface area contributed by atoms with Gasteiger partial charge in [0.05, 0.1) is 33.7 Å². The first kappa shape index (κ1) is 28.8. The van der Waals surface area contributed by atoms with Crippen LogP contribution in [0, 0.1) is 17.6 Å². The van der Waals surface area contributed by atoms with Crippen molar-refractivity contribution in [1.82, 2.24) is 4.98 Å². The zero-order chi connectivity index (χ0) is 28.3. The molecule has 4 rings (SSSR count). The standard InChI is InChI=1S/C29H29Cl2F2N3O3/c1-29(2,3)39-28(38)35(17-19-7-4-5-12-34-19)20-14-22(30)27(23(31)15-20)36-16-18(10-11-26(36)37)13-21-24(32)8-6-9-25(21)33/h4-9,12,14-15,18H,10-11,13,16-17H2,1-3H3. The fourth-order valence-electron chi connectivity index (χ4n) is 4.51. The monoisotopic (exact) mass is 575 g/mol. The molecule has 0 N–H and O–H groups in total. The van der Waals surface area contributed by atoms with Gasteiger partial charge in [0.25, 0.3) is 0 Å². The van der Waals surface area contributed by atoms with Gasteiger partial charge in [-0.15, -0.1) is 0 Å². The van der Waals surface area contributed by atoms with Crippen LogP contribution in [0.5, 0.6) is 0 Å². The minimum atomic E-state index is -0.750. The van der Waals surface area contributed by atoms with E-state index in [4.69, 9.17) is 27.9 Å². The van der Waals surface area contributed by atoms with Gasteiger partial charge in [-0.25, -0.2) is 13.6 Å². The summed E-state index contributed by atoms with van der Waals surface area (Å²) in [5.41, 5.74) is 0.511. The number of carbonyl (C=O) groups excluding carboxylic acids is 2. The number of benzene rings is 2. The number of pyridine rings is 1. The summed E-state index contributed by atoms with van der Waals surface area (Å²) in [5.74, 6) is -1.64. The summed E-state index contributed by atoms with van der Waals surface area (Å²) in [6, 6.07) is 12.2. The second-order valence-electron chi connectivity index (χ2n) is 10.5. The number of anilines is 2. The summed E-state index contributed by atoms with van der Waals surface area (Å²) in [4.78, 5) is 33.2. The minimum Gasteiger partial charge on any atom is -0.443 e. The van der Waals surface area contributed by atoms with Crippen molar-refractivity contribution in [2.45, 2.75) is 52.2 Å². The van der Waals surface area contributed by atoms with Gasteiger partial charge < -0.3 is 9.64 Å². The Morgan fingerprint density at radius 1 is 1.10 bits per heavy atom. The van der Waals surface area contributed by atoms with Crippen LogP contribution in [0.2, 0.25) is 10.0 Å². The lowest BCUT2D eigenvalue weighted by atomic mass is 9.90. The zero-order valence-corrected chi connectivity index (χ0v) is 23.4. The van der Waals surface area contributed by atoms with Gasteiger partial charge in [-0.1, -0.05) is 35.3 Å². The molecule has 2 heterocycles. The third kappa shape index (κ3) is 7.05. The van der Waals surface area contributed by atoms with Crippen molar-refractivity contribution in [3.63, 3.8) is 0 Å². The highest BCUT2D eigenvalue weighted by Gasteiger charge is 2.32. The molecule has 0 bridgehead atoms. The summed E-state index contributed by atoms with van der Waals surface area (Å²) in [6.07, 6.45) is 1.80. The summed E-state index contributed by atoms with van der Waals surface area (Å²) in [5, 5.41) is 0.302. The number of hydrogen-bond acceptors (Lipinski definition) is 4. The van der Waals surface area contributed by atoms with Crippen molar-refractivity contribution >= 4 is 46.6 Å². The predicted molar refractivity (Wildman–Crippen MR) is 148 cm³/mol. The molecule has 3 aromatic rings. The number of halogens is 4. The number of ether oxygens (including phenoxy) is 1. The van der Waals surface area contributed by atoms with E-state index in [1.54, 1.807) is 51.2 Å². The number of rotatable bonds is 6. The molecule has 6 nitrogen and oxygen atoms in total. The Morgan fingerprint density at radius 2 is 1.77 bits per heavy atom. The molecule has 1 fully saturated rings. The van der Waals surface area contributed by atoms with E-state index in [9.17, 15) is 18.4 Å². The molecule has 1 unspecified atom stereocenters. The Bertz CT molecular complexity index is 1320. The Balaban J connectivity index is 1.63. The third-order valence-electron chi connectivity index (χ3n) is 6.31. The van der Waals surface area contributed by atoms with E-state index in [0.717, 1.165) is 0 Å². The molecule has 1 atom stereocenters. The smallest absolute Gasteiger partial charge is 0.415 e. The van der Waals surface area contributed by atoms with Crippen LogP contribution in [0.1, 0.15) is 44.9 Å². The summed E-state index contributed by atoms with van der Waals surface area (Å²) < 4.78 is 34.1. The topological polar surface area (TPSA) is 62.7 Å². The molecule has 206 valence electrons. The molecule has 0 saturated carbocycles. The van der Waals surface area contributed by atoms with Crippen LogP contribution in [0.4, 0.5) is 25.0 Å². The molecule has 0 aliphatic carbocycles. The molecule has 1 aliphatic heterocycles. The molecule has 1 saturated heterocycles. The molecule has 1 aliphatic rings. The van der Waals surface area contributed by atoms with Crippen LogP contribution < -0.4 is 9.80 Å². The summed E-state index contributed by atoms with van der Waals surface area (Å²) in [7, 11) is 0. The van der Waals surface area contributed by atoms with Gasteiger partial charge in [0.15, 0.2) is 0 Å². The lowest BCUT2D eigenvalue weighted by Gasteiger charge is -2.34. The molecule has 39 heavy (non-hydrogen) atoms. The van der Waals surface area contributed by atoms with E-state index in [-0.39, 0.29) is 59.1 Å². The quantitative estimate of drug-likeness (QED) is 0.303. The predicted octanol–water partition coefficient (Wildman–Crippen LogP) is 7.59. The highest BCUT2D eigenvalue weighted by molar-refractivity contribution is 6.40. The second-order valence-corrected chi connectivity index (χ2v) is 11.3. The van der Waals surface area contributed by atoms with E-state index < -0.39 is 23.3 Å². The number of piperidine rings is 1. The minimum absolute atomic E-state index is 0.00753. The van der Waals surface area contributed by atoms with E-state index in [1.807, 2.05) is 6.07 Å². The molecule has 0 spiro atoms. The number of nitrogens with zero attached hydrogens (tertiary/aromatic N) is 3. The molecule has 1 aromatic heterocycles. The highest BCUT2D eigenvalue weighted by Crippen LogP contribution is 2.41. The maximum atomic E-state index is 14.3. The molecule has 2 aromatic carbocycles. The molecular formula is C29H29Cl2F2N3O3. The van der Waals surface area contributed by atoms with Crippen LogP contribution >= 0.6 is 23.2 Å². The number of carbonyl (C=O) groups is 2. The van der Waals surface area contributed by atoms with Crippen LogP contribution in [-0.4, -0.2) is 29.1 Å². The maximum absolute atomic E-state index is 14.3.